The molecule has 144 valence electrons. The van der Waals surface area contributed by atoms with Gasteiger partial charge in [0.15, 0.2) is 16.6 Å². The summed E-state index contributed by atoms with van der Waals surface area (Å²) in [7, 11) is 0. The van der Waals surface area contributed by atoms with Crippen molar-refractivity contribution in [3.63, 3.8) is 0 Å². The lowest BCUT2D eigenvalue weighted by Crippen LogP contribution is -2.50. The van der Waals surface area contributed by atoms with E-state index in [-0.39, 0.29) is 28.3 Å². The molecule has 2 aliphatic carbocycles. The second kappa shape index (κ2) is 6.24. The lowest BCUT2D eigenvalue weighted by Gasteiger charge is -2.46. The molecule has 5 atom stereocenters. The zero-order valence-corrected chi connectivity index (χ0v) is 16.5. The number of aliphatic hydroxyl groups is 1. The number of halogens is 2. The van der Waals surface area contributed by atoms with Gasteiger partial charge in [0.05, 0.1) is 17.8 Å². The van der Waals surface area contributed by atoms with Gasteiger partial charge in [-0.15, -0.1) is 6.58 Å². The minimum atomic E-state index is -1.37. The SMILES string of the molecule is C=C[C@H]1[C@H](n2cnc3c(Cl)nc(Cl)nc32)[C@H]2CC[C@@]2(C=O)[C@H]1OC(C)(C)O. The summed E-state index contributed by atoms with van der Waals surface area (Å²) in [5.74, 6) is -1.59. The Morgan fingerprint density at radius 3 is 2.74 bits per heavy atom. The van der Waals surface area contributed by atoms with Crippen molar-refractivity contribution in [3.8, 4) is 0 Å². The largest absolute Gasteiger partial charge is 0.366 e. The molecule has 0 aliphatic heterocycles. The number of hydrogen-bond donors (Lipinski definition) is 1. The van der Waals surface area contributed by atoms with Crippen molar-refractivity contribution in [1.29, 1.82) is 0 Å². The van der Waals surface area contributed by atoms with Crippen LogP contribution in [-0.2, 0) is 9.53 Å². The molecule has 7 nitrogen and oxygen atoms in total. The fraction of sp³-hybridized carbons (Fsp3) is 0.556. The van der Waals surface area contributed by atoms with Gasteiger partial charge in [-0.2, -0.15) is 4.98 Å². The van der Waals surface area contributed by atoms with Gasteiger partial charge < -0.3 is 19.2 Å². The minimum absolute atomic E-state index is 0.00951. The van der Waals surface area contributed by atoms with Crippen LogP contribution < -0.4 is 0 Å². The van der Waals surface area contributed by atoms with Crippen LogP contribution in [0.4, 0.5) is 0 Å². The van der Waals surface area contributed by atoms with E-state index >= 15 is 0 Å². The molecule has 2 fully saturated rings. The highest BCUT2D eigenvalue weighted by Gasteiger charge is 2.66. The minimum Gasteiger partial charge on any atom is -0.366 e. The van der Waals surface area contributed by atoms with E-state index in [0.717, 1.165) is 12.7 Å². The van der Waals surface area contributed by atoms with Crippen molar-refractivity contribution in [3.05, 3.63) is 29.4 Å². The highest BCUT2D eigenvalue weighted by Crippen LogP contribution is 2.64. The highest BCUT2D eigenvalue weighted by molar-refractivity contribution is 6.35. The van der Waals surface area contributed by atoms with Gasteiger partial charge in [0.1, 0.15) is 11.8 Å². The van der Waals surface area contributed by atoms with Crippen molar-refractivity contribution >= 4 is 40.7 Å². The van der Waals surface area contributed by atoms with Crippen molar-refractivity contribution < 1.29 is 14.6 Å². The molecule has 27 heavy (non-hydrogen) atoms. The average molecular weight is 411 g/mol. The Bertz CT molecular complexity index is 925. The summed E-state index contributed by atoms with van der Waals surface area (Å²) in [6.45, 7) is 7.09. The number of fused-ring (bicyclic) bond motifs is 2. The lowest BCUT2D eigenvalue weighted by atomic mass is 9.61. The quantitative estimate of drug-likeness (QED) is 0.267. The molecule has 0 aromatic carbocycles. The van der Waals surface area contributed by atoms with E-state index in [2.05, 4.69) is 21.5 Å². The third-order valence-electron chi connectivity index (χ3n) is 5.84. The molecule has 2 aromatic heterocycles. The number of aldehydes is 1. The van der Waals surface area contributed by atoms with Crippen molar-refractivity contribution in [2.45, 2.75) is 44.6 Å². The zero-order valence-electron chi connectivity index (χ0n) is 15.0. The molecule has 0 radical (unpaired) electrons. The summed E-state index contributed by atoms with van der Waals surface area (Å²) in [4.78, 5) is 24.7. The summed E-state index contributed by atoms with van der Waals surface area (Å²) < 4.78 is 7.84. The van der Waals surface area contributed by atoms with Crippen LogP contribution in [0.5, 0.6) is 0 Å². The van der Waals surface area contributed by atoms with E-state index in [1.165, 1.54) is 0 Å². The maximum absolute atomic E-state index is 12.1. The molecule has 0 amide bonds. The Kier molecular flexibility index (Phi) is 4.34. The molecular weight excluding hydrogens is 391 g/mol. The summed E-state index contributed by atoms with van der Waals surface area (Å²) in [6.07, 6.45) is 5.45. The van der Waals surface area contributed by atoms with Gasteiger partial charge in [-0.1, -0.05) is 17.7 Å². The Labute approximate surface area is 166 Å². The highest BCUT2D eigenvalue weighted by atomic mass is 35.5. The second-order valence-electron chi connectivity index (χ2n) is 7.77. The molecule has 2 heterocycles. The second-order valence-corrected chi connectivity index (χ2v) is 8.47. The van der Waals surface area contributed by atoms with Crippen molar-refractivity contribution in [1.82, 2.24) is 19.5 Å². The predicted octanol–water partition coefficient (Wildman–Crippen LogP) is 3.20. The fourth-order valence-electron chi connectivity index (χ4n) is 4.72. The van der Waals surface area contributed by atoms with Gasteiger partial charge >= 0.3 is 0 Å². The smallest absolute Gasteiger partial charge is 0.225 e. The van der Waals surface area contributed by atoms with Crippen LogP contribution in [-0.4, -0.2) is 42.8 Å². The molecule has 2 saturated carbocycles. The van der Waals surface area contributed by atoms with E-state index in [1.807, 2.05) is 4.57 Å². The first-order valence-corrected chi connectivity index (χ1v) is 9.52. The number of ether oxygens (including phenoxy) is 1. The monoisotopic (exact) mass is 410 g/mol. The van der Waals surface area contributed by atoms with Gasteiger partial charge in [-0.3, -0.25) is 0 Å². The van der Waals surface area contributed by atoms with Crippen molar-refractivity contribution in [2.75, 3.05) is 0 Å². The van der Waals surface area contributed by atoms with Crippen LogP contribution in [0.2, 0.25) is 10.4 Å². The van der Waals surface area contributed by atoms with E-state index in [1.54, 1.807) is 26.3 Å². The Morgan fingerprint density at radius 2 is 2.19 bits per heavy atom. The molecule has 0 bridgehead atoms. The Hall–Kier alpha value is -1.54. The summed E-state index contributed by atoms with van der Waals surface area (Å²) in [5, 5.41) is 10.5. The predicted molar refractivity (Wildman–Crippen MR) is 100 cm³/mol. The first kappa shape index (κ1) is 18.8. The van der Waals surface area contributed by atoms with Gasteiger partial charge in [0.2, 0.25) is 5.28 Å². The first-order chi connectivity index (χ1) is 12.7. The van der Waals surface area contributed by atoms with Crippen LogP contribution in [0.25, 0.3) is 11.2 Å². The number of rotatable bonds is 5. The standard InChI is InChI=1S/C18H20Cl2N4O3/c1-4-9-12(24-8-21-11-14(19)22-16(20)23-15(11)24)10-5-6-18(10,7-25)13(9)27-17(2,3)26/h4,7-10,12-13,26H,1,5-6H2,2-3H3/t9-,10+,12-,13-,18-/m0/s1. The summed E-state index contributed by atoms with van der Waals surface area (Å²) in [6, 6.07) is -0.166. The Balaban J connectivity index is 1.86. The number of hydrogen-bond acceptors (Lipinski definition) is 6. The number of imidazole rings is 1. The van der Waals surface area contributed by atoms with Gasteiger partial charge in [-0.05, 0) is 44.2 Å². The van der Waals surface area contributed by atoms with E-state index in [4.69, 9.17) is 27.9 Å². The van der Waals surface area contributed by atoms with Crippen LogP contribution in [0.1, 0.15) is 32.7 Å². The molecule has 0 saturated heterocycles. The number of aromatic nitrogens is 4. The molecule has 9 heteroatoms. The van der Waals surface area contributed by atoms with Crippen LogP contribution in [0.3, 0.4) is 0 Å². The van der Waals surface area contributed by atoms with Gasteiger partial charge in [-0.25, -0.2) is 9.97 Å². The molecule has 4 rings (SSSR count). The molecule has 2 aliphatic rings. The Morgan fingerprint density at radius 1 is 1.44 bits per heavy atom. The third kappa shape index (κ3) is 2.71. The number of nitrogens with zero attached hydrogens (tertiary/aromatic N) is 4. The van der Waals surface area contributed by atoms with E-state index in [0.29, 0.717) is 17.6 Å². The zero-order chi connectivity index (χ0) is 19.6. The third-order valence-corrected chi connectivity index (χ3v) is 6.28. The molecule has 2 aromatic rings. The van der Waals surface area contributed by atoms with Crippen LogP contribution >= 0.6 is 23.2 Å². The number of carbonyl (C=O) groups excluding carboxylic acids is 1. The molecule has 0 spiro atoms. The van der Waals surface area contributed by atoms with Crippen LogP contribution in [0, 0.1) is 17.3 Å². The average Bonchev–Trinajstić information content (AvgIpc) is 3.02. The molecule has 1 N–H and O–H groups in total. The van der Waals surface area contributed by atoms with E-state index in [9.17, 15) is 9.90 Å². The maximum atomic E-state index is 12.1. The van der Waals surface area contributed by atoms with Crippen molar-refractivity contribution in [2.24, 2.45) is 17.3 Å². The fourth-order valence-corrected chi connectivity index (χ4v) is 5.14. The van der Waals surface area contributed by atoms with Gasteiger partial charge in [0, 0.05) is 12.0 Å². The number of carbonyl (C=O) groups is 1. The van der Waals surface area contributed by atoms with Gasteiger partial charge in [0.25, 0.3) is 0 Å². The summed E-state index contributed by atoms with van der Waals surface area (Å²) in [5.41, 5.74) is 0.278. The van der Waals surface area contributed by atoms with E-state index < -0.39 is 17.3 Å². The first-order valence-electron chi connectivity index (χ1n) is 8.76. The lowest BCUT2D eigenvalue weighted by molar-refractivity contribution is -0.237. The summed E-state index contributed by atoms with van der Waals surface area (Å²) >= 11 is 12.2. The van der Waals surface area contributed by atoms with Crippen LogP contribution in [0.15, 0.2) is 19.0 Å². The molecule has 0 unspecified atom stereocenters. The molecular formula is C18H20Cl2N4O3. The topological polar surface area (TPSA) is 90.1 Å². The maximum Gasteiger partial charge on any atom is 0.225 e. The normalized spacial score (nSPS) is 32.9.